The first-order chi connectivity index (χ1) is 12.2. The third-order valence-electron chi connectivity index (χ3n) is 4.19. The third kappa shape index (κ3) is 3.35. The van der Waals surface area contributed by atoms with Gasteiger partial charge in [0.25, 0.3) is 11.8 Å². The van der Waals surface area contributed by atoms with Gasteiger partial charge in [0.2, 0.25) is 0 Å². The number of rotatable bonds is 3. The molecule has 4 heterocycles. The molecule has 0 bridgehead atoms. The Kier molecular flexibility index (Phi) is 4.36. The highest BCUT2D eigenvalue weighted by atomic mass is 32.1. The summed E-state index contributed by atoms with van der Waals surface area (Å²) in [6.45, 7) is 3.72. The second-order valence-electron chi connectivity index (χ2n) is 5.86. The highest BCUT2D eigenvalue weighted by Gasteiger charge is 2.20. The number of nitrogens with one attached hydrogen (secondary N) is 2. The van der Waals surface area contributed by atoms with E-state index in [0.29, 0.717) is 18.9 Å². The highest BCUT2D eigenvalue weighted by Crippen LogP contribution is 2.21. The van der Waals surface area contributed by atoms with Crippen LogP contribution in [0.4, 0.5) is 5.13 Å². The first-order valence-electron chi connectivity index (χ1n) is 8.15. The quantitative estimate of drug-likeness (QED) is 0.757. The lowest BCUT2D eigenvalue weighted by Crippen LogP contribution is -2.42. The van der Waals surface area contributed by atoms with Crippen molar-refractivity contribution in [1.29, 1.82) is 0 Å². The van der Waals surface area contributed by atoms with Crippen LogP contribution in [0.2, 0.25) is 0 Å². The fraction of sp³-hybridized carbons (Fsp3) is 0.467. The molecule has 0 aliphatic carbocycles. The van der Waals surface area contributed by atoms with E-state index in [2.05, 4.69) is 25.7 Å². The number of nitrogens with zero attached hydrogens (tertiary/aromatic N) is 4. The third-order valence-corrected chi connectivity index (χ3v) is 5.09. The van der Waals surface area contributed by atoms with Gasteiger partial charge in [-0.25, -0.2) is 9.97 Å². The smallest absolute Gasteiger partial charge is 0.289 e. The monoisotopic (exact) mass is 362 g/mol. The zero-order valence-corrected chi connectivity index (χ0v) is 14.3. The second kappa shape index (κ2) is 6.81. The molecule has 0 saturated carbocycles. The Balaban J connectivity index is 1.33. The maximum atomic E-state index is 12.2. The molecule has 9 nitrogen and oxygen atoms in total. The lowest BCUT2D eigenvalue weighted by atomic mass is 10.3. The average molecular weight is 362 g/mol. The number of imidazole rings is 1. The minimum Gasteiger partial charge on any atom is -0.378 e. The van der Waals surface area contributed by atoms with Crippen LogP contribution < -0.4 is 15.8 Å². The number of ether oxygens (including phenoxy) is 1. The molecular weight excluding hydrogens is 344 g/mol. The molecule has 1 saturated heterocycles. The van der Waals surface area contributed by atoms with Crippen LogP contribution in [-0.2, 0) is 17.7 Å². The summed E-state index contributed by atoms with van der Waals surface area (Å²) >= 11 is 1.40. The number of aromatic nitrogens is 3. The number of carbonyl (C=O) groups is 2. The predicted molar refractivity (Wildman–Crippen MR) is 90.6 cm³/mol. The summed E-state index contributed by atoms with van der Waals surface area (Å²) in [4.78, 5) is 34.9. The molecule has 4 rings (SSSR count). The molecule has 2 amide bonds. The summed E-state index contributed by atoms with van der Waals surface area (Å²) in [5.41, 5.74) is 5.37. The van der Waals surface area contributed by atoms with E-state index in [1.54, 1.807) is 11.6 Å². The van der Waals surface area contributed by atoms with Gasteiger partial charge >= 0.3 is 0 Å². The van der Waals surface area contributed by atoms with Crippen LogP contribution in [0.3, 0.4) is 0 Å². The number of hydrazine groups is 1. The molecule has 10 heteroatoms. The molecule has 2 aromatic heterocycles. The van der Waals surface area contributed by atoms with Crippen LogP contribution in [0.15, 0.2) is 11.6 Å². The number of carbonyl (C=O) groups excluding carboxylic acids is 2. The SMILES string of the molecule is O=C(NNC(=O)c1cn2c(n1)CCC2)c1csc(N2CCOCC2)n1. The van der Waals surface area contributed by atoms with Crippen LogP contribution >= 0.6 is 11.3 Å². The van der Waals surface area contributed by atoms with E-state index in [-0.39, 0.29) is 5.69 Å². The Bertz CT molecular complexity index is 774. The maximum Gasteiger partial charge on any atom is 0.289 e. The fourth-order valence-corrected chi connectivity index (χ4v) is 3.73. The molecule has 25 heavy (non-hydrogen) atoms. The van der Waals surface area contributed by atoms with Gasteiger partial charge in [-0.05, 0) is 6.42 Å². The van der Waals surface area contributed by atoms with Crippen molar-refractivity contribution in [2.75, 3.05) is 31.2 Å². The molecule has 0 atom stereocenters. The standard InChI is InChI=1S/C15H18N6O3S/c22-13(10-8-21-3-1-2-12(21)16-10)18-19-14(23)11-9-25-15(17-11)20-4-6-24-7-5-20/h8-9H,1-7H2,(H,18,22)(H,19,23). The van der Waals surface area contributed by atoms with Crippen LogP contribution in [0.5, 0.6) is 0 Å². The summed E-state index contributed by atoms with van der Waals surface area (Å²) in [7, 11) is 0. The highest BCUT2D eigenvalue weighted by molar-refractivity contribution is 7.13. The van der Waals surface area contributed by atoms with Crippen molar-refractivity contribution in [3.63, 3.8) is 0 Å². The largest absolute Gasteiger partial charge is 0.378 e. The van der Waals surface area contributed by atoms with Gasteiger partial charge in [0.05, 0.1) is 13.2 Å². The average Bonchev–Trinajstić information content (AvgIpc) is 3.35. The second-order valence-corrected chi connectivity index (χ2v) is 6.70. The molecule has 2 aromatic rings. The number of morpholine rings is 1. The van der Waals surface area contributed by atoms with Gasteiger partial charge in [0.15, 0.2) is 5.13 Å². The zero-order valence-electron chi connectivity index (χ0n) is 13.5. The van der Waals surface area contributed by atoms with Crippen molar-refractivity contribution >= 4 is 28.3 Å². The van der Waals surface area contributed by atoms with Crippen LogP contribution in [-0.4, -0.2) is 52.7 Å². The van der Waals surface area contributed by atoms with E-state index in [1.807, 2.05) is 4.57 Å². The summed E-state index contributed by atoms with van der Waals surface area (Å²) in [5.74, 6) is 0.0286. The lowest BCUT2D eigenvalue weighted by molar-refractivity contribution is 0.0841. The molecule has 2 aliphatic rings. The van der Waals surface area contributed by atoms with Gasteiger partial charge in [0.1, 0.15) is 17.2 Å². The predicted octanol–water partition coefficient (Wildman–Crippen LogP) is 0.197. The van der Waals surface area contributed by atoms with E-state index in [0.717, 1.165) is 43.4 Å². The molecule has 0 radical (unpaired) electrons. The van der Waals surface area contributed by atoms with E-state index in [1.165, 1.54) is 11.3 Å². The molecule has 1 fully saturated rings. The number of anilines is 1. The molecule has 132 valence electrons. The Labute approximate surface area is 148 Å². The van der Waals surface area contributed by atoms with Crippen molar-refractivity contribution in [2.45, 2.75) is 19.4 Å². The molecule has 0 spiro atoms. The van der Waals surface area contributed by atoms with Crippen molar-refractivity contribution in [3.05, 3.63) is 28.8 Å². The molecular formula is C15H18N6O3S. The number of hydrogen-bond donors (Lipinski definition) is 2. The Morgan fingerprint density at radius 2 is 1.84 bits per heavy atom. The normalized spacial score (nSPS) is 16.6. The number of fused-ring (bicyclic) bond motifs is 1. The van der Waals surface area contributed by atoms with Crippen LogP contribution in [0, 0.1) is 0 Å². The number of aryl methyl sites for hydroxylation is 2. The van der Waals surface area contributed by atoms with Crippen LogP contribution in [0.1, 0.15) is 33.2 Å². The van der Waals surface area contributed by atoms with Crippen molar-refractivity contribution in [2.24, 2.45) is 0 Å². The summed E-state index contributed by atoms with van der Waals surface area (Å²) in [5, 5.41) is 2.46. The van der Waals surface area contributed by atoms with Crippen LogP contribution in [0.25, 0.3) is 0 Å². The van der Waals surface area contributed by atoms with Gasteiger partial charge in [-0.1, -0.05) is 0 Å². The van der Waals surface area contributed by atoms with Gasteiger partial charge in [-0.15, -0.1) is 11.3 Å². The van der Waals surface area contributed by atoms with Crippen molar-refractivity contribution < 1.29 is 14.3 Å². The van der Waals surface area contributed by atoms with Gasteiger partial charge in [0, 0.05) is 37.6 Å². The van der Waals surface area contributed by atoms with Crippen molar-refractivity contribution in [3.8, 4) is 0 Å². The minimum atomic E-state index is -0.448. The summed E-state index contributed by atoms with van der Waals surface area (Å²) in [6.07, 6.45) is 3.64. The Morgan fingerprint density at radius 1 is 1.08 bits per heavy atom. The van der Waals surface area contributed by atoms with Gasteiger partial charge in [-0.3, -0.25) is 20.4 Å². The van der Waals surface area contributed by atoms with E-state index in [4.69, 9.17) is 4.74 Å². The summed E-state index contributed by atoms with van der Waals surface area (Å²) < 4.78 is 7.27. The van der Waals surface area contributed by atoms with Crippen molar-refractivity contribution in [1.82, 2.24) is 25.4 Å². The number of hydrogen-bond acceptors (Lipinski definition) is 7. The maximum absolute atomic E-state index is 12.2. The van der Waals surface area contributed by atoms with E-state index < -0.39 is 11.8 Å². The zero-order chi connectivity index (χ0) is 17.2. The first-order valence-corrected chi connectivity index (χ1v) is 9.03. The van der Waals surface area contributed by atoms with E-state index in [9.17, 15) is 9.59 Å². The molecule has 2 N–H and O–H groups in total. The Hall–Kier alpha value is -2.46. The molecule has 0 unspecified atom stereocenters. The minimum absolute atomic E-state index is 0.277. The fourth-order valence-electron chi connectivity index (χ4n) is 2.87. The topological polar surface area (TPSA) is 101 Å². The first kappa shape index (κ1) is 16.0. The summed E-state index contributed by atoms with van der Waals surface area (Å²) in [6, 6.07) is 0. The molecule has 2 aliphatic heterocycles. The van der Waals surface area contributed by atoms with E-state index >= 15 is 0 Å². The van der Waals surface area contributed by atoms with Gasteiger partial charge < -0.3 is 14.2 Å². The lowest BCUT2D eigenvalue weighted by Gasteiger charge is -2.25. The molecule has 0 aromatic carbocycles. The number of thiazole rings is 1. The van der Waals surface area contributed by atoms with Gasteiger partial charge in [-0.2, -0.15) is 0 Å². The Morgan fingerprint density at radius 3 is 2.60 bits per heavy atom. The number of amides is 2.